The number of rotatable bonds is 6. The molecule has 0 bridgehead atoms. The third-order valence-corrected chi connectivity index (χ3v) is 11.0. The molecule has 3 aromatic rings. The van der Waals surface area contributed by atoms with Crippen LogP contribution < -0.4 is 0 Å². The zero-order valence-corrected chi connectivity index (χ0v) is 23.2. The number of pyridine rings is 3. The second-order valence-corrected chi connectivity index (χ2v) is 14.0. The van der Waals surface area contributed by atoms with Crippen molar-refractivity contribution >= 4 is 0 Å². The predicted octanol–water partition coefficient (Wildman–Crippen LogP) is 7.98. The minimum Gasteiger partial charge on any atom is -0.261 e. The first-order valence-electron chi connectivity index (χ1n) is 15.4. The van der Waals surface area contributed by atoms with Gasteiger partial charge in [0.1, 0.15) is 0 Å². The van der Waals surface area contributed by atoms with E-state index in [4.69, 9.17) is 15.0 Å². The number of aromatic nitrogens is 3. The van der Waals surface area contributed by atoms with Gasteiger partial charge in [-0.2, -0.15) is 0 Å². The van der Waals surface area contributed by atoms with Gasteiger partial charge in [-0.15, -0.1) is 0 Å². The van der Waals surface area contributed by atoms with Crippen LogP contribution in [0, 0.1) is 10.8 Å². The van der Waals surface area contributed by atoms with Gasteiger partial charge in [0.2, 0.25) is 0 Å². The molecule has 196 valence electrons. The first-order chi connectivity index (χ1) is 18.5. The van der Waals surface area contributed by atoms with Crippen molar-refractivity contribution < 1.29 is 0 Å². The molecule has 0 amide bonds. The van der Waals surface area contributed by atoms with E-state index in [9.17, 15) is 0 Å². The zero-order valence-electron chi connectivity index (χ0n) is 23.2. The van der Waals surface area contributed by atoms with E-state index in [0.29, 0.717) is 28.6 Å². The topological polar surface area (TPSA) is 38.7 Å². The van der Waals surface area contributed by atoms with E-state index in [1.165, 1.54) is 98.0 Å². The Balaban J connectivity index is 1.10. The van der Waals surface area contributed by atoms with Crippen molar-refractivity contribution in [2.45, 2.75) is 115 Å². The highest BCUT2D eigenvalue weighted by Gasteiger charge is 2.53. The maximum absolute atomic E-state index is 5.32. The molecule has 8 rings (SSSR count). The van der Waals surface area contributed by atoms with Crippen LogP contribution in [-0.4, -0.2) is 15.0 Å². The molecule has 3 fully saturated rings. The van der Waals surface area contributed by atoms with Crippen LogP contribution in [0.5, 0.6) is 0 Å². The molecule has 38 heavy (non-hydrogen) atoms. The molecular formula is C35H41N3. The Bertz CT molecular complexity index is 1390. The molecule has 3 heterocycles. The lowest BCUT2D eigenvalue weighted by Crippen LogP contribution is -2.26. The van der Waals surface area contributed by atoms with E-state index in [-0.39, 0.29) is 0 Å². The van der Waals surface area contributed by atoms with Gasteiger partial charge in [-0.3, -0.25) is 15.0 Å². The van der Waals surface area contributed by atoms with Crippen LogP contribution in [-0.2, 0) is 25.7 Å². The van der Waals surface area contributed by atoms with Crippen molar-refractivity contribution in [3.8, 4) is 0 Å². The highest BCUT2D eigenvalue weighted by atomic mass is 14.8. The van der Waals surface area contributed by atoms with Gasteiger partial charge in [-0.1, -0.05) is 26.0 Å². The lowest BCUT2D eigenvalue weighted by molar-refractivity contribution is 0.335. The lowest BCUT2D eigenvalue weighted by Gasteiger charge is -2.35. The van der Waals surface area contributed by atoms with Gasteiger partial charge in [-0.05, 0) is 140 Å². The Kier molecular flexibility index (Phi) is 5.21. The van der Waals surface area contributed by atoms with Crippen molar-refractivity contribution in [2.24, 2.45) is 10.8 Å². The first kappa shape index (κ1) is 23.3. The molecule has 0 saturated heterocycles. The SMILES string of the molecule is CC(C)c1nccc(C[C@@H]2c3ncc(C[C@H]4CC5(CC5)Cc5cccnc54)cc3CCC23CC3)c1C1CC1. The number of hydrogen-bond donors (Lipinski definition) is 0. The van der Waals surface area contributed by atoms with Gasteiger partial charge >= 0.3 is 0 Å². The molecule has 2 atom stereocenters. The summed E-state index contributed by atoms with van der Waals surface area (Å²) in [5, 5.41) is 0. The summed E-state index contributed by atoms with van der Waals surface area (Å²) in [6.45, 7) is 4.62. The van der Waals surface area contributed by atoms with E-state index in [1.807, 2.05) is 6.20 Å². The van der Waals surface area contributed by atoms with Crippen molar-refractivity contribution in [1.29, 1.82) is 0 Å². The van der Waals surface area contributed by atoms with Crippen LogP contribution in [0.1, 0.15) is 134 Å². The molecule has 5 aliphatic rings. The Hall–Kier alpha value is -2.55. The van der Waals surface area contributed by atoms with Gasteiger partial charge < -0.3 is 0 Å². The summed E-state index contributed by atoms with van der Waals surface area (Å²) in [7, 11) is 0. The summed E-state index contributed by atoms with van der Waals surface area (Å²) in [4.78, 5) is 15.1. The molecule has 3 nitrogen and oxygen atoms in total. The smallest absolute Gasteiger partial charge is 0.0475 e. The van der Waals surface area contributed by atoms with Crippen molar-refractivity contribution in [1.82, 2.24) is 15.0 Å². The monoisotopic (exact) mass is 503 g/mol. The third-order valence-electron chi connectivity index (χ3n) is 11.0. The molecule has 0 unspecified atom stereocenters. The van der Waals surface area contributed by atoms with Crippen molar-refractivity contribution in [3.63, 3.8) is 0 Å². The largest absolute Gasteiger partial charge is 0.261 e. The van der Waals surface area contributed by atoms with E-state index < -0.39 is 0 Å². The molecule has 3 aromatic heterocycles. The third kappa shape index (κ3) is 3.95. The lowest BCUT2D eigenvalue weighted by atomic mass is 9.71. The molecule has 0 radical (unpaired) electrons. The molecule has 2 spiro atoms. The second kappa shape index (κ2) is 8.47. The van der Waals surface area contributed by atoms with E-state index in [1.54, 1.807) is 11.1 Å². The van der Waals surface area contributed by atoms with Crippen molar-refractivity contribution in [3.05, 3.63) is 87.8 Å². The van der Waals surface area contributed by atoms with Crippen LogP contribution in [0.3, 0.4) is 0 Å². The molecule has 5 aliphatic carbocycles. The Labute approximate surface area is 227 Å². The van der Waals surface area contributed by atoms with Crippen LogP contribution >= 0.6 is 0 Å². The number of hydrogen-bond acceptors (Lipinski definition) is 3. The molecule has 0 N–H and O–H groups in total. The molecular weight excluding hydrogens is 462 g/mol. The second-order valence-electron chi connectivity index (χ2n) is 14.0. The summed E-state index contributed by atoms with van der Waals surface area (Å²) in [5.41, 5.74) is 12.8. The van der Waals surface area contributed by atoms with Crippen LogP contribution in [0.25, 0.3) is 0 Å². The maximum Gasteiger partial charge on any atom is 0.0475 e. The van der Waals surface area contributed by atoms with Crippen LogP contribution in [0.2, 0.25) is 0 Å². The Morgan fingerprint density at radius 3 is 2.53 bits per heavy atom. The fourth-order valence-corrected chi connectivity index (χ4v) is 8.42. The fourth-order valence-electron chi connectivity index (χ4n) is 8.42. The number of aryl methyl sites for hydroxylation is 1. The zero-order chi connectivity index (χ0) is 25.5. The fraction of sp³-hybridized carbons (Fsp3) is 0.571. The van der Waals surface area contributed by atoms with Crippen LogP contribution in [0.4, 0.5) is 0 Å². The highest BCUT2D eigenvalue weighted by molar-refractivity contribution is 5.42. The summed E-state index contributed by atoms with van der Waals surface area (Å²) < 4.78 is 0. The van der Waals surface area contributed by atoms with Gasteiger partial charge in [0, 0.05) is 47.5 Å². The minimum atomic E-state index is 0.494. The molecule has 0 aromatic carbocycles. The average molecular weight is 504 g/mol. The first-order valence-corrected chi connectivity index (χ1v) is 15.4. The van der Waals surface area contributed by atoms with Gasteiger partial charge in [0.25, 0.3) is 0 Å². The van der Waals surface area contributed by atoms with E-state index in [0.717, 1.165) is 18.8 Å². The summed E-state index contributed by atoms with van der Waals surface area (Å²) in [6, 6.07) is 9.36. The molecule has 0 aliphatic heterocycles. The normalized spacial score (nSPS) is 25.9. The average Bonchev–Trinajstić information content (AvgIpc) is 3.80. The summed E-state index contributed by atoms with van der Waals surface area (Å²) >= 11 is 0. The standard InChI is InChI=1S/C35H41N3/c1-22(2)31-30(24-5-6-24)25(8-15-37-31)18-29-33-26(7-9-35(29)12-13-35)16-23(21-38-33)17-28-20-34(10-11-34)19-27-4-3-14-36-32(27)28/h3-4,8,14-16,21-22,24,28-29H,5-7,9-13,17-20H2,1-2H3/t28-,29+/m0/s1. The quantitative estimate of drug-likeness (QED) is 0.342. The summed E-state index contributed by atoms with van der Waals surface area (Å²) in [6.07, 6.45) is 21.9. The van der Waals surface area contributed by atoms with Crippen LogP contribution in [0.15, 0.2) is 42.9 Å². The number of fused-ring (bicyclic) bond motifs is 2. The maximum atomic E-state index is 5.32. The van der Waals surface area contributed by atoms with Crippen molar-refractivity contribution in [2.75, 3.05) is 0 Å². The van der Waals surface area contributed by atoms with Gasteiger partial charge in [-0.25, -0.2) is 0 Å². The molecule has 3 saturated carbocycles. The summed E-state index contributed by atoms with van der Waals surface area (Å²) in [5.74, 6) is 2.34. The Morgan fingerprint density at radius 2 is 1.76 bits per heavy atom. The minimum absolute atomic E-state index is 0.494. The molecule has 3 heteroatoms. The van der Waals surface area contributed by atoms with Gasteiger partial charge in [0.05, 0.1) is 0 Å². The van der Waals surface area contributed by atoms with E-state index >= 15 is 0 Å². The van der Waals surface area contributed by atoms with E-state index in [2.05, 4.69) is 50.5 Å². The number of nitrogens with zero attached hydrogens (tertiary/aromatic N) is 3. The highest BCUT2D eigenvalue weighted by Crippen LogP contribution is 2.63. The predicted molar refractivity (Wildman–Crippen MR) is 152 cm³/mol. The van der Waals surface area contributed by atoms with Gasteiger partial charge in [0.15, 0.2) is 0 Å². The Morgan fingerprint density at radius 1 is 0.895 bits per heavy atom.